The smallest absolute Gasteiger partial charge is 0.124 e. The molecule has 20 heavy (non-hydrogen) atoms. The predicted molar refractivity (Wildman–Crippen MR) is 80.2 cm³/mol. The SMILES string of the molecule is CNC1CC2(CC(C)OC(C)C2)Oc2ccc(C)cc21. The topological polar surface area (TPSA) is 30.5 Å². The van der Waals surface area contributed by atoms with Gasteiger partial charge in [0.15, 0.2) is 0 Å². The van der Waals surface area contributed by atoms with Crippen molar-refractivity contribution in [3.63, 3.8) is 0 Å². The van der Waals surface area contributed by atoms with Crippen molar-refractivity contribution < 1.29 is 9.47 Å². The molecule has 2 heterocycles. The van der Waals surface area contributed by atoms with Crippen molar-refractivity contribution in [2.24, 2.45) is 0 Å². The zero-order chi connectivity index (χ0) is 14.3. The van der Waals surface area contributed by atoms with Gasteiger partial charge in [-0.25, -0.2) is 0 Å². The molecule has 1 fully saturated rings. The third-order valence-electron chi connectivity index (χ3n) is 4.58. The summed E-state index contributed by atoms with van der Waals surface area (Å²) >= 11 is 0. The molecule has 0 amide bonds. The molecule has 1 saturated heterocycles. The number of hydrogen-bond acceptors (Lipinski definition) is 3. The maximum atomic E-state index is 6.47. The van der Waals surface area contributed by atoms with Crippen LogP contribution in [0.4, 0.5) is 0 Å². The highest BCUT2D eigenvalue weighted by Gasteiger charge is 2.45. The van der Waals surface area contributed by atoms with Gasteiger partial charge in [0.05, 0.1) is 12.2 Å². The van der Waals surface area contributed by atoms with E-state index in [4.69, 9.17) is 9.47 Å². The number of nitrogens with one attached hydrogen (secondary N) is 1. The highest BCUT2D eigenvalue weighted by molar-refractivity contribution is 5.41. The number of fused-ring (bicyclic) bond motifs is 1. The molecule has 1 aromatic carbocycles. The zero-order valence-corrected chi connectivity index (χ0v) is 12.9. The first-order chi connectivity index (χ1) is 9.51. The van der Waals surface area contributed by atoms with E-state index in [1.165, 1.54) is 11.1 Å². The van der Waals surface area contributed by atoms with Gasteiger partial charge in [-0.3, -0.25) is 0 Å². The van der Waals surface area contributed by atoms with Gasteiger partial charge in [-0.15, -0.1) is 0 Å². The average molecular weight is 275 g/mol. The maximum Gasteiger partial charge on any atom is 0.124 e. The molecule has 2 aliphatic rings. The van der Waals surface area contributed by atoms with Gasteiger partial charge in [0.2, 0.25) is 0 Å². The fourth-order valence-electron chi connectivity index (χ4n) is 3.92. The Morgan fingerprint density at radius 3 is 2.50 bits per heavy atom. The molecule has 1 aromatic rings. The highest BCUT2D eigenvalue weighted by Crippen LogP contribution is 2.46. The van der Waals surface area contributed by atoms with Gasteiger partial charge in [-0.2, -0.15) is 0 Å². The lowest BCUT2D eigenvalue weighted by Crippen LogP contribution is -2.51. The fourth-order valence-corrected chi connectivity index (χ4v) is 3.92. The van der Waals surface area contributed by atoms with Gasteiger partial charge in [0.25, 0.3) is 0 Å². The minimum absolute atomic E-state index is 0.0764. The van der Waals surface area contributed by atoms with Gasteiger partial charge < -0.3 is 14.8 Å². The Balaban J connectivity index is 1.96. The average Bonchev–Trinajstić information content (AvgIpc) is 2.37. The molecular weight excluding hydrogens is 250 g/mol. The van der Waals surface area contributed by atoms with E-state index in [1.807, 2.05) is 7.05 Å². The second kappa shape index (κ2) is 5.05. The number of rotatable bonds is 1. The summed E-state index contributed by atoms with van der Waals surface area (Å²) in [7, 11) is 2.04. The molecule has 0 radical (unpaired) electrons. The Morgan fingerprint density at radius 2 is 1.85 bits per heavy atom. The Bertz CT molecular complexity index is 490. The summed E-state index contributed by atoms with van der Waals surface area (Å²) in [5, 5.41) is 3.47. The molecule has 0 saturated carbocycles. The van der Waals surface area contributed by atoms with Crippen LogP contribution in [0.1, 0.15) is 50.3 Å². The first-order valence-electron chi connectivity index (χ1n) is 7.64. The molecular formula is C17H25NO2. The summed E-state index contributed by atoms with van der Waals surface area (Å²) in [5.74, 6) is 1.04. The second-order valence-corrected chi connectivity index (χ2v) is 6.54. The molecule has 3 atom stereocenters. The van der Waals surface area contributed by atoms with Gasteiger partial charge >= 0.3 is 0 Å². The Labute approximate surface area is 121 Å². The van der Waals surface area contributed by atoms with E-state index in [0.717, 1.165) is 25.0 Å². The van der Waals surface area contributed by atoms with Crippen molar-refractivity contribution in [3.8, 4) is 5.75 Å². The van der Waals surface area contributed by atoms with Crippen LogP contribution in [0.25, 0.3) is 0 Å². The summed E-state index contributed by atoms with van der Waals surface area (Å²) in [5.41, 5.74) is 2.51. The third-order valence-corrected chi connectivity index (χ3v) is 4.58. The minimum atomic E-state index is -0.0764. The zero-order valence-electron chi connectivity index (χ0n) is 12.9. The molecule has 2 aliphatic heterocycles. The maximum absolute atomic E-state index is 6.47. The van der Waals surface area contributed by atoms with Gasteiger partial charge in [0.1, 0.15) is 11.4 Å². The summed E-state index contributed by atoms with van der Waals surface area (Å²) < 4.78 is 12.4. The van der Waals surface area contributed by atoms with Crippen LogP contribution in [0.2, 0.25) is 0 Å². The van der Waals surface area contributed by atoms with Crippen molar-refractivity contribution in [1.82, 2.24) is 5.32 Å². The van der Waals surface area contributed by atoms with Crippen molar-refractivity contribution >= 4 is 0 Å². The number of hydrogen-bond donors (Lipinski definition) is 1. The Kier molecular flexibility index (Phi) is 3.51. The van der Waals surface area contributed by atoms with Gasteiger partial charge in [-0.1, -0.05) is 17.7 Å². The summed E-state index contributed by atoms with van der Waals surface area (Å²) in [4.78, 5) is 0. The molecule has 1 N–H and O–H groups in total. The van der Waals surface area contributed by atoms with Crippen LogP contribution < -0.4 is 10.1 Å². The lowest BCUT2D eigenvalue weighted by molar-refractivity contribution is -0.130. The van der Waals surface area contributed by atoms with Crippen molar-refractivity contribution in [2.45, 2.75) is 63.9 Å². The molecule has 3 rings (SSSR count). The minimum Gasteiger partial charge on any atom is -0.487 e. The monoisotopic (exact) mass is 275 g/mol. The molecule has 3 unspecified atom stereocenters. The number of aryl methyl sites for hydroxylation is 1. The quantitative estimate of drug-likeness (QED) is 0.852. The van der Waals surface area contributed by atoms with Gasteiger partial charge in [0, 0.05) is 30.9 Å². The lowest BCUT2D eigenvalue weighted by Gasteiger charge is -2.47. The molecule has 0 aliphatic carbocycles. The van der Waals surface area contributed by atoms with Crippen LogP contribution in [0.5, 0.6) is 5.75 Å². The number of benzene rings is 1. The van der Waals surface area contributed by atoms with E-state index in [2.05, 4.69) is 44.3 Å². The largest absolute Gasteiger partial charge is 0.487 e. The summed E-state index contributed by atoms with van der Waals surface area (Å²) in [6.45, 7) is 6.44. The first-order valence-corrected chi connectivity index (χ1v) is 7.64. The van der Waals surface area contributed by atoms with Crippen molar-refractivity contribution in [3.05, 3.63) is 29.3 Å². The predicted octanol–water partition coefficient (Wildman–Crippen LogP) is 3.36. The number of ether oxygens (including phenoxy) is 2. The first kappa shape index (κ1) is 13.9. The molecule has 3 nitrogen and oxygen atoms in total. The molecule has 110 valence electrons. The van der Waals surface area contributed by atoms with Crippen LogP contribution in [0, 0.1) is 6.92 Å². The second-order valence-electron chi connectivity index (χ2n) is 6.54. The van der Waals surface area contributed by atoms with E-state index in [-0.39, 0.29) is 17.8 Å². The normalized spacial score (nSPS) is 36.5. The standard InChI is InChI=1S/C17H25NO2/c1-11-5-6-16-14(7-11)15(18-4)10-17(20-16)8-12(2)19-13(3)9-17/h5-7,12-13,15,18H,8-10H2,1-4H3. The lowest BCUT2D eigenvalue weighted by atomic mass is 9.78. The van der Waals surface area contributed by atoms with Crippen molar-refractivity contribution in [1.29, 1.82) is 0 Å². The van der Waals surface area contributed by atoms with Crippen LogP contribution in [0.3, 0.4) is 0 Å². The Hall–Kier alpha value is -1.06. The molecule has 1 spiro atoms. The van der Waals surface area contributed by atoms with Crippen molar-refractivity contribution in [2.75, 3.05) is 7.05 Å². The summed E-state index contributed by atoms with van der Waals surface area (Å²) in [6.07, 6.45) is 3.51. The van der Waals surface area contributed by atoms with E-state index in [0.29, 0.717) is 6.04 Å². The van der Waals surface area contributed by atoms with Gasteiger partial charge in [-0.05, 0) is 33.9 Å². The van der Waals surface area contributed by atoms with E-state index < -0.39 is 0 Å². The van der Waals surface area contributed by atoms with E-state index in [1.54, 1.807) is 0 Å². The molecule has 0 aromatic heterocycles. The van der Waals surface area contributed by atoms with Crippen LogP contribution in [-0.4, -0.2) is 24.9 Å². The molecule has 0 bridgehead atoms. The highest BCUT2D eigenvalue weighted by atomic mass is 16.5. The summed E-state index contributed by atoms with van der Waals surface area (Å²) in [6, 6.07) is 6.88. The van der Waals surface area contributed by atoms with Crippen LogP contribution in [0.15, 0.2) is 18.2 Å². The van der Waals surface area contributed by atoms with Crippen LogP contribution >= 0.6 is 0 Å². The third kappa shape index (κ3) is 2.45. The fraction of sp³-hybridized carbons (Fsp3) is 0.647. The van der Waals surface area contributed by atoms with Crippen LogP contribution in [-0.2, 0) is 4.74 Å². The molecule has 3 heteroatoms. The van der Waals surface area contributed by atoms with E-state index in [9.17, 15) is 0 Å². The van der Waals surface area contributed by atoms with E-state index >= 15 is 0 Å². The Morgan fingerprint density at radius 1 is 1.15 bits per heavy atom.